The van der Waals surface area contributed by atoms with Crippen molar-refractivity contribution in [3.63, 3.8) is 0 Å². The van der Waals surface area contributed by atoms with Gasteiger partial charge < -0.3 is 4.74 Å². The molecule has 0 aliphatic carbocycles. The molecule has 2 aliphatic heterocycles. The van der Waals surface area contributed by atoms with Gasteiger partial charge >= 0.3 is 0 Å². The Morgan fingerprint density at radius 2 is 2.07 bits per heavy atom. The van der Waals surface area contributed by atoms with Gasteiger partial charge in [-0.1, -0.05) is 43.0 Å². The summed E-state index contributed by atoms with van der Waals surface area (Å²) in [5.74, 6) is 1.57. The number of hydrazone groups is 1. The maximum absolute atomic E-state index is 13.0. The van der Waals surface area contributed by atoms with Gasteiger partial charge in [0.05, 0.1) is 12.5 Å². The number of benzene rings is 2. The maximum atomic E-state index is 13.0. The first kappa shape index (κ1) is 18.6. The first-order valence-corrected chi connectivity index (χ1v) is 10.2. The van der Waals surface area contributed by atoms with Crippen LogP contribution in [0.25, 0.3) is 5.70 Å². The van der Waals surface area contributed by atoms with E-state index in [0.717, 1.165) is 39.6 Å². The summed E-state index contributed by atoms with van der Waals surface area (Å²) in [6.07, 6.45) is 0.600. The fraction of sp³-hybridized carbons (Fsp3) is 0.286. The molecule has 2 aromatic rings. The molecular formula is C21H22N4O2S. The number of carbonyl (C=O) groups excluding carboxylic acids is 1. The SMILES string of the molecule is CCCSC1=NN2C(=c3ccccc3=N[C@H]2c2ccc(OC)c(C)c2)C(=O)N1. The van der Waals surface area contributed by atoms with Crippen LogP contribution < -0.4 is 20.6 Å². The number of hydrogen-bond donors (Lipinski definition) is 1. The summed E-state index contributed by atoms with van der Waals surface area (Å²) in [4.78, 5) is 17.9. The zero-order chi connectivity index (χ0) is 19.7. The van der Waals surface area contributed by atoms with E-state index in [-0.39, 0.29) is 5.91 Å². The molecule has 0 fully saturated rings. The molecule has 6 nitrogen and oxygen atoms in total. The Labute approximate surface area is 168 Å². The van der Waals surface area contributed by atoms with Crippen LogP contribution in [0.2, 0.25) is 0 Å². The number of para-hydroxylation sites is 1. The van der Waals surface area contributed by atoms with Gasteiger partial charge in [0.25, 0.3) is 5.91 Å². The molecule has 2 aliphatic rings. The van der Waals surface area contributed by atoms with Crippen molar-refractivity contribution in [2.45, 2.75) is 26.4 Å². The number of amides is 1. The van der Waals surface area contributed by atoms with E-state index in [9.17, 15) is 4.79 Å². The minimum Gasteiger partial charge on any atom is -0.496 e. The average molecular weight is 395 g/mol. The highest BCUT2D eigenvalue weighted by molar-refractivity contribution is 8.13. The molecule has 28 heavy (non-hydrogen) atoms. The summed E-state index contributed by atoms with van der Waals surface area (Å²) >= 11 is 1.55. The van der Waals surface area contributed by atoms with Gasteiger partial charge in [-0.05, 0) is 42.7 Å². The van der Waals surface area contributed by atoms with Crippen LogP contribution in [0.1, 0.15) is 30.6 Å². The van der Waals surface area contributed by atoms with Crippen molar-refractivity contribution in [1.82, 2.24) is 10.3 Å². The summed E-state index contributed by atoms with van der Waals surface area (Å²) in [6, 6.07) is 13.6. The van der Waals surface area contributed by atoms with Crippen molar-refractivity contribution in [3.05, 3.63) is 64.2 Å². The van der Waals surface area contributed by atoms with Gasteiger partial charge in [-0.25, -0.2) is 5.01 Å². The van der Waals surface area contributed by atoms with Crippen LogP contribution in [0, 0.1) is 6.92 Å². The first-order chi connectivity index (χ1) is 13.6. The Morgan fingerprint density at radius 3 is 2.82 bits per heavy atom. The number of rotatable bonds is 4. The summed E-state index contributed by atoms with van der Waals surface area (Å²) < 4.78 is 5.38. The molecule has 0 unspecified atom stereocenters. The fourth-order valence-corrected chi connectivity index (χ4v) is 4.08. The third-order valence-corrected chi connectivity index (χ3v) is 5.74. The van der Waals surface area contributed by atoms with E-state index < -0.39 is 6.17 Å². The molecule has 7 heteroatoms. The summed E-state index contributed by atoms with van der Waals surface area (Å²) in [5.41, 5.74) is 2.51. The van der Waals surface area contributed by atoms with Gasteiger partial charge in [-0.2, -0.15) is 0 Å². The monoisotopic (exact) mass is 394 g/mol. The van der Waals surface area contributed by atoms with Crippen LogP contribution in [0.4, 0.5) is 0 Å². The van der Waals surface area contributed by atoms with Gasteiger partial charge in [-0.15, -0.1) is 5.10 Å². The van der Waals surface area contributed by atoms with E-state index in [4.69, 9.17) is 14.8 Å². The van der Waals surface area contributed by atoms with Crippen LogP contribution in [0.15, 0.2) is 52.6 Å². The molecule has 2 aromatic carbocycles. The zero-order valence-corrected chi connectivity index (χ0v) is 16.9. The number of nitrogens with one attached hydrogen (secondary N) is 1. The molecule has 1 N–H and O–H groups in total. The van der Waals surface area contributed by atoms with Crippen molar-refractivity contribution in [3.8, 4) is 5.75 Å². The summed E-state index contributed by atoms with van der Waals surface area (Å²) in [7, 11) is 1.66. The largest absolute Gasteiger partial charge is 0.496 e. The Hall–Kier alpha value is -2.80. The zero-order valence-electron chi connectivity index (χ0n) is 16.1. The molecule has 0 bridgehead atoms. The first-order valence-electron chi connectivity index (χ1n) is 9.26. The van der Waals surface area contributed by atoms with Crippen LogP contribution in [-0.2, 0) is 4.79 Å². The molecule has 0 saturated heterocycles. The smallest absolute Gasteiger partial charge is 0.276 e. The van der Waals surface area contributed by atoms with E-state index >= 15 is 0 Å². The van der Waals surface area contributed by atoms with Crippen LogP contribution in [0.3, 0.4) is 0 Å². The lowest BCUT2D eigenvalue weighted by molar-refractivity contribution is -0.116. The lowest BCUT2D eigenvalue weighted by Gasteiger charge is -2.34. The van der Waals surface area contributed by atoms with Crippen molar-refractivity contribution in [2.24, 2.45) is 10.1 Å². The third-order valence-electron chi connectivity index (χ3n) is 4.68. The molecule has 0 radical (unpaired) electrons. The quantitative estimate of drug-likeness (QED) is 0.864. The van der Waals surface area contributed by atoms with Gasteiger partial charge in [0.15, 0.2) is 11.3 Å². The predicted octanol–water partition coefficient (Wildman–Crippen LogP) is 2.29. The molecule has 144 valence electrons. The summed E-state index contributed by atoms with van der Waals surface area (Å²) in [6.45, 7) is 4.10. The van der Waals surface area contributed by atoms with Crippen molar-refractivity contribution in [2.75, 3.05) is 12.9 Å². The van der Waals surface area contributed by atoms with E-state index in [1.807, 2.05) is 49.4 Å². The van der Waals surface area contributed by atoms with Crippen LogP contribution in [-0.4, -0.2) is 28.9 Å². The number of fused-ring (bicyclic) bond motifs is 2. The highest BCUT2D eigenvalue weighted by atomic mass is 32.2. The highest BCUT2D eigenvalue weighted by Gasteiger charge is 2.34. The molecule has 1 atom stereocenters. The molecular weight excluding hydrogens is 372 g/mol. The van der Waals surface area contributed by atoms with E-state index in [1.54, 1.807) is 23.9 Å². The van der Waals surface area contributed by atoms with Gasteiger partial charge in [0.1, 0.15) is 11.4 Å². The Bertz CT molecular complexity index is 1080. The minimum absolute atomic E-state index is 0.147. The number of methoxy groups -OCH3 is 1. The van der Waals surface area contributed by atoms with E-state index in [0.29, 0.717) is 10.9 Å². The van der Waals surface area contributed by atoms with Crippen molar-refractivity contribution < 1.29 is 9.53 Å². The molecule has 4 rings (SSSR count). The normalized spacial score (nSPS) is 17.9. The van der Waals surface area contributed by atoms with Crippen LogP contribution >= 0.6 is 11.8 Å². The highest BCUT2D eigenvalue weighted by Crippen LogP contribution is 2.32. The molecule has 0 saturated carbocycles. The van der Waals surface area contributed by atoms with Crippen molar-refractivity contribution in [1.29, 1.82) is 0 Å². The van der Waals surface area contributed by atoms with Gasteiger partial charge in [0, 0.05) is 11.0 Å². The van der Waals surface area contributed by atoms with Crippen LogP contribution in [0.5, 0.6) is 5.75 Å². The number of hydrogen-bond acceptors (Lipinski definition) is 6. The number of carbonyl (C=O) groups is 1. The Morgan fingerprint density at radius 1 is 1.25 bits per heavy atom. The lowest BCUT2D eigenvalue weighted by Crippen LogP contribution is -2.50. The number of nitrogens with zero attached hydrogens (tertiary/aromatic N) is 3. The maximum Gasteiger partial charge on any atom is 0.276 e. The number of aryl methyl sites for hydroxylation is 1. The Kier molecular flexibility index (Phi) is 5.09. The molecule has 0 aromatic heterocycles. The minimum atomic E-state index is -0.405. The van der Waals surface area contributed by atoms with Crippen molar-refractivity contribution >= 4 is 28.5 Å². The van der Waals surface area contributed by atoms with Gasteiger partial charge in [-0.3, -0.25) is 15.1 Å². The average Bonchev–Trinajstić information content (AvgIpc) is 2.71. The second-order valence-corrected chi connectivity index (χ2v) is 7.73. The standard InChI is InChI=1S/C21H22N4O2S/c1-4-11-28-21-23-20(26)18-15-7-5-6-8-16(15)22-19(25(18)24-21)14-9-10-17(27-3)13(2)12-14/h5-10,12,19H,4,11H2,1-3H3,(H,23,24,26)/t19-/m1/s1. The number of ether oxygens (including phenoxy) is 1. The Balaban J connectivity index is 1.88. The fourth-order valence-electron chi connectivity index (χ4n) is 3.37. The number of thioether (sulfide) groups is 1. The third kappa shape index (κ3) is 3.26. The predicted molar refractivity (Wildman–Crippen MR) is 111 cm³/mol. The van der Waals surface area contributed by atoms with E-state index in [2.05, 4.69) is 12.2 Å². The topological polar surface area (TPSA) is 66.3 Å². The molecule has 1 amide bonds. The number of amidine groups is 1. The molecule has 0 spiro atoms. The summed E-state index contributed by atoms with van der Waals surface area (Å²) in [5, 5.41) is 11.6. The van der Waals surface area contributed by atoms with Gasteiger partial charge in [0.2, 0.25) is 0 Å². The second kappa shape index (κ2) is 7.67. The molecule has 2 heterocycles. The lowest BCUT2D eigenvalue weighted by atomic mass is 10.1. The van der Waals surface area contributed by atoms with E-state index in [1.165, 1.54) is 0 Å². The second-order valence-electron chi connectivity index (χ2n) is 6.65.